The zero-order chi connectivity index (χ0) is 5.33. The SMILES string of the molecule is NCC1(C=O)CC1. The van der Waals surface area contributed by atoms with Crippen LogP contribution in [-0.4, -0.2) is 12.8 Å². The summed E-state index contributed by atoms with van der Waals surface area (Å²) < 4.78 is 0. The summed E-state index contributed by atoms with van der Waals surface area (Å²) in [5.74, 6) is 0. The molecule has 2 nitrogen and oxygen atoms in total. The van der Waals surface area contributed by atoms with E-state index in [0.29, 0.717) is 6.54 Å². The van der Waals surface area contributed by atoms with Crippen molar-refractivity contribution in [2.45, 2.75) is 12.8 Å². The Morgan fingerprint density at radius 3 is 2.29 bits per heavy atom. The van der Waals surface area contributed by atoms with Crippen molar-refractivity contribution in [1.29, 1.82) is 0 Å². The van der Waals surface area contributed by atoms with Gasteiger partial charge in [0.1, 0.15) is 6.29 Å². The average Bonchev–Trinajstić information content (AvgIpc) is 2.46. The van der Waals surface area contributed by atoms with Crippen LogP contribution in [-0.2, 0) is 4.79 Å². The normalized spacial score (nSPS) is 24.1. The minimum Gasteiger partial charge on any atom is -0.329 e. The number of hydrogen-bond acceptors (Lipinski definition) is 2. The van der Waals surface area contributed by atoms with Crippen molar-refractivity contribution in [3.8, 4) is 0 Å². The predicted octanol–water partition coefficient (Wildman–Crippen LogP) is -0.0758. The largest absolute Gasteiger partial charge is 0.329 e. The monoisotopic (exact) mass is 99.1 g/mol. The maximum Gasteiger partial charge on any atom is 0.127 e. The third kappa shape index (κ3) is 0.657. The van der Waals surface area contributed by atoms with Crippen LogP contribution in [0.2, 0.25) is 0 Å². The molecule has 0 atom stereocenters. The fourth-order valence-corrected chi connectivity index (χ4v) is 0.531. The lowest BCUT2D eigenvalue weighted by atomic mass is 10.1. The Kier molecular flexibility index (Phi) is 0.889. The Morgan fingerprint density at radius 1 is 1.71 bits per heavy atom. The summed E-state index contributed by atoms with van der Waals surface area (Å²) in [6.07, 6.45) is 2.99. The number of nitrogens with two attached hydrogens (primary N) is 1. The van der Waals surface area contributed by atoms with Gasteiger partial charge in [0.05, 0.1) is 0 Å². The highest BCUT2D eigenvalue weighted by molar-refractivity contribution is 5.63. The molecular weight excluding hydrogens is 90.1 g/mol. The summed E-state index contributed by atoms with van der Waals surface area (Å²) in [7, 11) is 0. The maximum atomic E-state index is 10.0. The molecule has 0 aliphatic heterocycles. The molecule has 1 aliphatic rings. The van der Waals surface area contributed by atoms with E-state index in [-0.39, 0.29) is 5.41 Å². The van der Waals surface area contributed by atoms with Gasteiger partial charge in [-0.05, 0) is 12.8 Å². The molecule has 1 rings (SSSR count). The smallest absolute Gasteiger partial charge is 0.127 e. The number of aldehydes is 1. The van der Waals surface area contributed by atoms with E-state index in [1.807, 2.05) is 0 Å². The number of hydrogen-bond donors (Lipinski definition) is 1. The summed E-state index contributed by atoms with van der Waals surface area (Å²) in [6.45, 7) is 0.538. The Labute approximate surface area is 42.7 Å². The van der Waals surface area contributed by atoms with Crippen LogP contribution in [0.4, 0.5) is 0 Å². The lowest BCUT2D eigenvalue weighted by Crippen LogP contribution is -2.15. The first-order valence-corrected chi connectivity index (χ1v) is 2.49. The molecule has 0 amide bonds. The van der Waals surface area contributed by atoms with Crippen LogP contribution in [0.3, 0.4) is 0 Å². The van der Waals surface area contributed by atoms with Gasteiger partial charge in [-0.25, -0.2) is 0 Å². The molecule has 7 heavy (non-hydrogen) atoms. The summed E-state index contributed by atoms with van der Waals surface area (Å²) in [5.41, 5.74) is 5.18. The van der Waals surface area contributed by atoms with Crippen molar-refractivity contribution in [1.82, 2.24) is 0 Å². The molecule has 2 N–H and O–H groups in total. The first kappa shape index (κ1) is 4.78. The van der Waals surface area contributed by atoms with Crippen LogP contribution in [0.25, 0.3) is 0 Å². The molecule has 1 saturated carbocycles. The highest BCUT2D eigenvalue weighted by Crippen LogP contribution is 2.41. The lowest BCUT2D eigenvalue weighted by molar-refractivity contribution is -0.111. The Hall–Kier alpha value is -0.370. The van der Waals surface area contributed by atoms with Crippen molar-refractivity contribution in [2.24, 2.45) is 11.1 Å². The number of rotatable bonds is 2. The summed E-state index contributed by atoms with van der Waals surface area (Å²) in [6, 6.07) is 0. The van der Waals surface area contributed by atoms with Crippen LogP contribution >= 0.6 is 0 Å². The molecule has 0 bridgehead atoms. The van der Waals surface area contributed by atoms with E-state index in [0.717, 1.165) is 19.1 Å². The molecule has 0 unspecified atom stereocenters. The van der Waals surface area contributed by atoms with Crippen LogP contribution in [0, 0.1) is 5.41 Å². The summed E-state index contributed by atoms with van der Waals surface area (Å²) in [5, 5.41) is 0. The molecule has 0 spiro atoms. The van der Waals surface area contributed by atoms with Crippen LogP contribution in [0.15, 0.2) is 0 Å². The second-order valence-corrected chi connectivity index (χ2v) is 2.18. The van der Waals surface area contributed by atoms with Gasteiger partial charge in [0.2, 0.25) is 0 Å². The second kappa shape index (κ2) is 1.30. The van der Waals surface area contributed by atoms with Crippen LogP contribution < -0.4 is 5.73 Å². The lowest BCUT2D eigenvalue weighted by Gasteiger charge is -1.95. The molecule has 2 heteroatoms. The van der Waals surface area contributed by atoms with E-state index in [1.54, 1.807) is 0 Å². The minimum atomic E-state index is -0.0694. The average molecular weight is 99.1 g/mol. The van der Waals surface area contributed by atoms with Gasteiger partial charge in [0.25, 0.3) is 0 Å². The van der Waals surface area contributed by atoms with Crippen molar-refractivity contribution in [3.63, 3.8) is 0 Å². The summed E-state index contributed by atoms with van der Waals surface area (Å²) >= 11 is 0. The van der Waals surface area contributed by atoms with E-state index in [2.05, 4.69) is 0 Å². The fourth-order valence-electron chi connectivity index (χ4n) is 0.531. The highest BCUT2D eigenvalue weighted by atomic mass is 16.1. The first-order valence-electron chi connectivity index (χ1n) is 2.49. The van der Waals surface area contributed by atoms with Crippen LogP contribution in [0.1, 0.15) is 12.8 Å². The van der Waals surface area contributed by atoms with Crippen molar-refractivity contribution < 1.29 is 4.79 Å². The third-order valence-corrected chi connectivity index (χ3v) is 1.55. The van der Waals surface area contributed by atoms with E-state index in [4.69, 9.17) is 5.73 Å². The van der Waals surface area contributed by atoms with E-state index >= 15 is 0 Å². The molecule has 0 aromatic rings. The van der Waals surface area contributed by atoms with Crippen molar-refractivity contribution in [3.05, 3.63) is 0 Å². The van der Waals surface area contributed by atoms with Crippen LogP contribution in [0.5, 0.6) is 0 Å². The van der Waals surface area contributed by atoms with Gasteiger partial charge in [-0.2, -0.15) is 0 Å². The molecule has 1 fully saturated rings. The van der Waals surface area contributed by atoms with Gasteiger partial charge >= 0.3 is 0 Å². The van der Waals surface area contributed by atoms with Crippen molar-refractivity contribution in [2.75, 3.05) is 6.54 Å². The van der Waals surface area contributed by atoms with E-state index in [1.165, 1.54) is 0 Å². The Balaban J connectivity index is 2.42. The standard InChI is InChI=1S/C5H9NO/c6-3-5(4-7)1-2-5/h4H,1-3,6H2. The van der Waals surface area contributed by atoms with Gasteiger partial charge in [-0.1, -0.05) is 0 Å². The van der Waals surface area contributed by atoms with Gasteiger partial charge in [-0.15, -0.1) is 0 Å². The molecule has 40 valence electrons. The van der Waals surface area contributed by atoms with Gasteiger partial charge < -0.3 is 10.5 Å². The number of carbonyl (C=O) groups excluding carboxylic acids is 1. The van der Waals surface area contributed by atoms with Gasteiger partial charge in [0, 0.05) is 12.0 Å². The zero-order valence-corrected chi connectivity index (χ0v) is 4.18. The molecule has 1 aliphatic carbocycles. The fraction of sp³-hybridized carbons (Fsp3) is 0.800. The molecule has 0 aromatic heterocycles. The summed E-state index contributed by atoms with van der Waals surface area (Å²) in [4.78, 5) is 10.0. The van der Waals surface area contributed by atoms with Gasteiger partial charge in [-0.3, -0.25) is 0 Å². The molecule has 0 aromatic carbocycles. The quantitative estimate of drug-likeness (QED) is 0.492. The third-order valence-electron chi connectivity index (χ3n) is 1.55. The predicted molar refractivity (Wildman–Crippen MR) is 26.8 cm³/mol. The van der Waals surface area contributed by atoms with Crippen molar-refractivity contribution >= 4 is 6.29 Å². The first-order chi connectivity index (χ1) is 3.33. The maximum absolute atomic E-state index is 10.0. The van der Waals surface area contributed by atoms with E-state index < -0.39 is 0 Å². The second-order valence-electron chi connectivity index (χ2n) is 2.18. The molecule has 0 heterocycles. The minimum absolute atomic E-state index is 0.0694. The molecular formula is C5H9NO. The highest BCUT2D eigenvalue weighted by Gasteiger charge is 2.40. The number of carbonyl (C=O) groups is 1. The Morgan fingerprint density at radius 2 is 2.29 bits per heavy atom. The molecule has 0 saturated heterocycles. The molecule has 0 radical (unpaired) electrons. The zero-order valence-electron chi connectivity index (χ0n) is 4.18. The topological polar surface area (TPSA) is 43.1 Å². The Bertz CT molecular complexity index is 86.1. The van der Waals surface area contributed by atoms with E-state index in [9.17, 15) is 4.79 Å². The van der Waals surface area contributed by atoms with Gasteiger partial charge in [0.15, 0.2) is 0 Å².